The second-order valence-electron chi connectivity index (χ2n) is 14.6. The normalized spacial score (nSPS) is 10.2. The van der Waals surface area contributed by atoms with Crippen molar-refractivity contribution in [3.8, 4) is 126 Å². The molecule has 7 aromatic rings. The Labute approximate surface area is 382 Å². The second kappa shape index (κ2) is 19.1. The maximum absolute atomic E-state index is 10.5. The number of ether oxygens (including phenoxy) is 6. The van der Waals surface area contributed by atoms with Crippen LogP contribution in [0, 0.1) is 58.5 Å². The van der Waals surface area contributed by atoms with Gasteiger partial charge in [0.05, 0.1) is 91.2 Å². The van der Waals surface area contributed by atoms with Crippen LogP contribution in [-0.4, -0.2) is 42.7 Å². The smallest absolute Gasteiger partial charge is 0.189 e. The summed E-state index contributed by atoms with van der Waals surface area (Å²) in [6.45, 7) is 16.4. The lowest BCUT2D eigenvalue weighted by Gasteiger charge is -2.30. The summed E-state index contributed by atoms with van der Waals surface area (Å²) >= 11 is 0. The van der Waals surface area contributed by atoms with Crippen molar-refractivity contribution >= 4 is 11.4 Å². The summed E-state index contributed by atoms with van der Waals surface area (Å²) in [6.07, 6.45) is 0. The molecule has 0 aliphatic rings. The molecule has 0 heterocycles. The van der Waals surface area contributed by atoms with Gasteiger partial charge in [0.1, 0.15) is 34.5 Å². The minimum atomic E-state index is 0.164. The molecule has 0 bridgehead atoms. The van der Waals surface area contributed by atoms with Gasteiger partial charge in [-0.1, -0.05) is 0 Å². The van der Waals surface area contributed by atoms with Crippen LogP contribution in [0.5, 0.6) is 34.5 Å². The van der Waals surface area contributed by atoms with Gasteiger partial charge in [-0.25, -0.2) is 9.69 Å². The van der Waals surface area contributed by atoms with Crippen molar-refractivity contribution in [2.75, 3.05) is 42.7 Å². The molecule has 7 aromatic carbocycles. The number of nitriles is 4. The van der Waals surface area contributed by atoms with E-state index in [0.29, 0.717) is 101 Å². The highest BCUT2D eigenvalue weighted by molar-refractivity contribution is 6.16. The molecule has 0 saturated carbocycles. The van der Waals surface area contributed by atoms with Crippen molar-refractivity contribution < 1.29 is 28.4 Å². The summed E-state index contributed by atoms with van der Waals surface area (Å²) in [7, 11) is 9.15. The molecule has 7 rings (SSSR count). The molecule has 0 aliphatic heterocycles. The molecular weight excluding hydrogens is 829 g/mol. The fourth-order valence-corrected chi connectivity index (χ4v) is 8.01. The quantitative estimate of drug-likeness (QED) is 0.108. The van der Waals surface area contributed by atoms with E-state index in [9.17, 15) is 21.0 Å². The highest BCUT2D eigenvalue weighted by Crippen LogP contribution is 2.58. The Morgan fingerprint density at radius 3 is 0.727 bits per heavy atom. The molecule has 0 saturated heterocycles. The molecule has 318 valence electrons. The van der Waals surface area contributed by atoms with Crippen molar-refractivity contribution in [1.29, 1.82) is 21.0 Å². The van der Waals surface area contributed by atoms with Crippen LogP contribution in [0.1, 0.15) is 22.3 Å². The first-order valence-corrected chi connectivity index (χ1v) is 19.9. The number of hydrogen-bond acceptors (Lipinski definition) is 10. The van der Waals surface area contributed by atoms with Gasteiger partial charge in [-0.2, -0.15) is 21.0 Å². The average molecular weight is 865 g/mol. The van der Waals surface area contributed by atoms with Crippen LogP contribution in [0.2, 0.25) is 0 Å². The van der Waals surface area contributed by atoms with E-state index in [1.54, 1.807) is 54.6 Å². The van der Waals surface area contributed by atoms with Crippen molar-refractivity contribution in [1.82, 2.24) is 0 Å². The third-order valence-electron chi connectivity index (χ3n) is 10.8. The van der Waals surface area contributed by atoms with Gasteiger partial charge in [0.2, 0.25) is 0 Å². The lowest BCUT2D eigenvalue weighted by Crippen LogP contribution is -2.04. The van der Waals surface area contributed by atoms with E-state index in [-0.39, 0.29) is 33.6 Å². The fourth-order valence-electron chi connectivity index (χ4n) is 8.01. The summed E-state index contributed by atoms with van der Waals surface area (Å²) in [5, 5.41) is 42.0. The van der Waals surface area contributed by atoms with Crippen LogP contribution in [0.25, 0.3) is 76.5 Å². The Kier molecular flexibility index (Phi) is 12.8. The van der Waals surface area contributed by atoms with Gasteiger partial charge in [0.25, 0.3) is 0 Å². The van der Waals surface area contributed by atoms with E-state index in [4.69, 9.17) is 41.6 Å². The Morgan fingerprint density at radius 2 is 0.515 bits per heavy atom. The summed E-state index contributed by atoms with van der Waals surface area (Å²) in [5.41, 5.74) is 6.71. The molecule has 12 nitrogen and oxygen atoms in total. The Hall–Kier alpha value is -9.72. The van der Waals surface area contributed by atoms with Crippen LogP contribution in [0.4, 0.5) is 11.4 Å². The van der Waals surface area contributed by atoms with Crippen LogP contribution in [0.3, 0.4) is 0 Å². The van der Waals surface area contributed by atoms with E-state index < -0.39 is 0 Å². The predicted molar refractivity (Wildman–Crippen MR) is 250 cm³/mol. The Morgan fingerprint density at radius 1 is 0.303 bits per heavy atom. The zero-order valence-electron chi connectivity index (χ0n) is 36.5. The predicted octanol–water partition coefficient (Wildman–Crippen LogP) is 12.3. The molecule has 0 radical (unpaired) electrons. The van der Waals surface area contributed by atoms with E-state index >= 15 is 0 Å². The van der Waals surface area contributed by atoms with Crippen LogP contribution < -0.4 is 28.4 Å². The molecule has 0 aromatic heterocycles. The molecule has 0 amide bonds. The lowest BCUT2D eigenvalue weighted by molar-refractivity contribution is 0.394. The monoisotopic (exact) mass is 864 g/mol. The molecule has 0 aliphatic carbocycles. The van der Waals surface area contributed by atoms with Gasteiger partial charge in [0.15, 0.2) is 11.4 Å². The first-order chi connectivity index (χ1) is 32.1. The molecule has 0 N–H and O–H groups in total. The molecule has 0 fully saturated rings. The topological polar surface area (TPSA) is 159 Å². The number of hydrogen-bond donors (Lipinski definition) is 0. The molecule has 0 unspecified atom stereocenters. The van der Waals surface area contributed by atoms with Gasteiger partial charge in [-0.3, -0.25) is 0 Å². The summed E-state index contributed by atoms with van der Waals surface area (Å²) in [4.78, 5) is 7.57. The lowest BCUT2D eigenvalue weighted by atomic mass is 9.73. The molecule has 0 spiro atoms. The molecular formula is C54H36N6O6. The van der Waals surface area contributed by atoms with Crippen molar-refractivity contribution in [3.63, 3.8) is 0 Å². The van der Waals surface area contributed by atoms with E-state index in [0.717, 1.165) is 0 Å². The zero-order valence-corrected chi connectivity index (χ0v) is 36.5. The summed E-state index contributed by atoms with van der Waals surface area (Å²) in [6, 6.07) is 39.5. The second-order valence-corrected chi connectivity index (χ2v) is 14.6. The highest BCUT2D eigenvalue weighted by Gasteiger charge is 2.32. The largest absolute Gasteiger partial charge is 0.497 e. The third-order valence-corrected chi connectivity index (χ3v) is 10.8. The molecule has 0 atom stereocenters. The van der Waals surface area contributed by atoms with E-state index in [2.05, 4.69) is 34.0 Å². The van der Waals surface area contributed by atoms with Gasteiger partial charge >= 0.3 is 0 Å². The van der Waals surface area contributed by atoms with Crippen LogP contribution >= 0.6 is 0 Å². The van der Waals surface area contributed by atoms with Gasteiger partial charge in [0, 0.05) is 29.3 Å². The number of methoxy groups -OCH3 is 6. The van der Waals surface area contributed by atoms with Crippen molar-refractivity contribution in [2.45, 2.75) is 0 Å². The zero-order chi connectivity index (χ0) is 47.1. The van der Waals surface area contributed by atoms with Gasteiger partial charge in [-0.05, 0) is 158 Å². The maximum Gasteiger partial charge on any atom is 0.189 e. The minimum Gasteiger partial charge on any atom is -0.497 e. The highest BCUT2D eigenvalue weighted by atomic mass is 16.5. The van der Waals surface area contributed by atoms with Crippen molar-refractivity contribution in [3.05, 3.63) is 154 Å². The summed E-state index contributed by atoms with van der Waals surface area (Å²) < 4.78 is 35.3. The van der Waals surface area contributed by atoms with Gasteiger partial charge < -0.3 is 28.4 Å². The number of nitrogens with zero attached hydrogens (tertiary/aromatic N) is 6. The average Bonchev–Trinajstić information content (AvgIpc) is 3.38. The van der Waals surface area contributed by atoms with Crippen LogP contribution in [0.15, 0.2) is 109 Å². The Bertz CT molecular complexity index is 2830. The SMILES string of the molecule is [C-]#[N+]c1cc(C#N)cc(-c2c(-c3cc(OC)cc(OC)c3)c(-c3cc(C#N)cc(C#N)c3)c(-c3cc(OC)cc(OC)c3)c(-c3cc(C#N)cc([N+]#[C-])c3)c2-c2cc(OC)cc(OC)c2)c1. The van der Waals surface area contributed by atoms with Gasteiger partial charge in [-0.15, -0.1) is 0 Å². The van der Waals surface area contributed by atoms with E-state index in [1.165, 1.54) is 60.9 Å². The van der Waals surface area contributed by atoms with Crippen molar-refractivity contribution in [2.24, 2.45) is 0 Å². The number of rotatable bonds is 12. The Balaban J connectivity index is 2.00. The summed E-state index contributed by atoms with van der Waals surface area (Å²) in [5.74, 6) is 2.50. The van der Waals surface area contributed by atoms with Crippen LogP contribution in [-0.2, 0) is 0 Å². The first kappa shape index (κ1) is 44.3. The molecule has 66 heavy (non-hydrogen) atoms. The fraction of sp³-hybridized carbons (Fsp3) is 0.111. The maximum atomic E-state index is 10.5. The molecule has 12 heteroatoms. The van der Waals surface area contributed by atoms with E-state index in [1.807, 2.05) is 36.4 Å². The first-order valence-electron chi connectivity index (χ1n) is 19.9. The third kappa shape index (κ3) is 8.55. The minimum absolute atomic E-state index is 0.164. The number of benzene rings is 7. The standard InChI is InChI=1S/C54H36N6O6/c1-59-41-14-33(29-57)12-36(16-41)50-52(38-18-43(61-3)24-44(19-38)62-4)49(35-10-31(27-55)9-32(11-35)28-56)53(39-20-45(63-5)25-46(21-39)64-6)51(37-13-34(30-58)15-42(17-37)60-2)54(50)40-22-47(65-7)26-48(23-40)66-8/h9-26H,3-8H3.